The van der Waals surface area contributed by atoms with E-state index in [2.05, 4.69) is 5.43 Å². The zero-order valence-electron chi connectivity index (χ0n) is 12.1. The summed E-state index contributed by atoms with van der Waals surface area (Å²) < 4.78 is 12.9. The van der Waals surface area contributed by atoms with Gasteiger partial charge in [0.1, 0.15) is 5.82 Å². The van der Waals surface area contributed by atoms with E-state index in [1.54, 1.807) is 29.3 Å². The van der Waals surface area contributed by atoms with Crippen molar-refractivity contribution in [2.45, 2.75) is 13.3 Å². The Bertz CT molecular complexity index is 569. The predicted molar refractivity (Wildman–Crippen MR) is 81.3 cm³/mol. The van der Waals surface area contributed by atoms with Crippen molar-refractivity contribution < 1.29 is 9.18 Å². The lowest BCUT2D eigenvalue weighted by molar-refractivity contribution is 0.0666. The van der Waals surface area contributed by atoms with Gasteiger partial charge in [-0.25, -0.2) is 9.82 Å². The number of hydrogen-bond acceptors (Lipinski definition) is 2. The molecule has 4 heteroatoms. The van der Waals surface area contributed by atoms with Crippen molar-refractivity contribution in [2.75, 3.05) is 13.1 Å². The molecular formula is C17H19FN2O. The van der Waals surface area contributed by atoms with Gasteiger partial charge in [-0.15, -0.1) is 0 Å². The van der Waals surface area contributed by atoms with E-state index in [0.717, 1.165) is 5.56 Å². The first-order chi connectivity index (χ1) is 10.2. The van der Waals surface area contributed by atoms with Crippen molar-refractivity contribution in [1.29, 1.82) is 0 Å². The fraction of sp³-hybridized carbons (Fsp3) is 0.235. The number of rotatable bonds is 6. The smallest absolute Gasteiger partial charge is 0.267 e. The molecule has 0 bridgehead atoms. The van der Waals surface area contributed by atoms with E-state index in [-0.39, 0.29) is 11.7 Å². The third kappa shape index (κ3) is 4.39. The molecule has 21 heavy (non-hydrogen) atoms. The number of hydrogen-bond donors (Lipinski definition) is 1. The van der Waals surface area contributed by atoms with Gasteiger partial charge in [0.2, 0.25) is 0 Å². The van der Waals surface area contributed by atoms with Crippen LogP contribution in [0.15, 0.2) is 54.6 Å². The third-order valence-corrected chi connectivity index (χ3v) is 3.15. The van der Waals surface area contributed by atoms with Gasteiger partial charge in [0, 0.05) is 18.7 Å². The molecule has 0 radical (unpaired) electrons. The molecule has 0 saturated carbocycles. The summed E-state index contributed by atoms with van der Waals surface area (Å²) in [5.41, 5.74) is 4.72. The molecule has 0 fully saturated rings. The van der Waals surface area contributed by atoms with Crippen molar-refractivity contribution in [1.82, 2.24) is 10.4 Å². The highest BCUT2D eigenvalue weighted by molar-refractivity contribution is 5.93. The van der Waals surface area contributed by atoms with Gasteiger partial charge in [-0.2, -0.15) is 0 Å². The summed E-state index contributed by atoms with van der Waals surface area (Å²) in [7, 11) is 0. The van der Waals surface area contributed by atoms with Crippen LogP contribution in [0.4, 0.5) is 4.39 Å². The van der Waals surface area contributed by atoms with Crippen molar-refractivity contribution in [3.05, 3.63) is 71.5 Å². The Labute approximate surface area is 124 Å². The number of carbonyl (C=O) groups excluding carboxylic acids is 1. The number of amides is 1. The van der Waals surface area contributed by atoms with E-state index in [1.165, 1.54) is 12.1 Å². The molecule has 0 aromatic heterocycles. The van der Waals surface area contributed by atoms with Gasteiger partial charge in [0.05, 0.1) is 0 Å². The number of carbonyl (C=O) groups is 1. The molecule has 3 nitrogen and oxygen atoms in total. The van der Waals surface area contributed by atoms with Gasteiger partial charge < -0.3 is 0 Å². The van der Waals surface area contributed by atoms with Crippen molar-refractivity contribution in [3.63, 3.8) is 0 Å². The minimum absolute atomic E-state index is 0.0560. The largest absolute Gasteiger partial charge is 0.274 e. The van der Waals surface area contributed by atoms with Crippen LogP contribution in [-0.4, -0.2) is 24.0 Å². The van der Waals surface area contributed by atoms with Crippen LogP contribution in [0, 0.1) is 5.82 Å². The highest BCUT2D eigenvalue weighted by atomic mass is 19.1. The quantitative estimate of drug-likeness (QED) is 0.828. The molecular weight excluding hydrogens is 267 g/mol. The molecule has 0 saturated heterocycles. The maximum absolute atomic E-state index is 12.9. The molecule has 0 aliphatic carbocycles. The molecule has 0 atom stereocenters. The minimum atomic E-state index is -0.248. The maximum atomic E-state index is 12.9. The first-order valence-corrected chi connectivity index (χ1v) is 7.05. The molecule has 0 spiro atoms. The van der Waals surface area contributed by atoms with Crippen LogP contribution in [0.5, 0.6) is 0 Å². The van der Waals surface area contributed by atoms with Crippen LogP contribution < -0.4 is 5.43 Å². The van der Waals surface area contributed by atoms with Crippen molar-refractivity contribution in [2.24, 2.45) is 0 Å². The molecule has 110 valence electrons. The lowest BCUT2D eigenvalue weighted by Crippen LogP contribution is -2.44. The van der Waals surface area contributed by atoms with E-state index in [0.29, 0.717) is 25.1 Å². The highest BCUT2D eigenvalue weighted by Crippen LogP contribution is 2.07. The summed E-state index contributed by atoms with van der Waals surface area (Å²) in [6.45, 7) is 3.15. The van der Waals surface area contributed by atoms with E-state index in [1.807, 2.05) is 25.1 Å². The van der Waals surface area contributed by atoms with E-state index in [4.69, 9.17) is 0 Å². The molecule has 0 unspecified atom stereocenters. The number of hydrazine groups is 1. The Morgan fingerprint density at radius 1 is 1.10 bits per heavy atom. The Morgan fingerprint density at radius 3 is 2.38 bits per heavy atom. The lowest BCUT2D eigenvalue weighted by atomic mass is 10.1. The molecule has 0 aliphatic rings. The van der Waals surface area contributed by atoms with Gasteiger partial charge in [0.15, 0.2) is 0 Å². The van der Waals surface area contributed by atoms with Gasteiger partial charge in [0.25, 0.3) is 5.91 Å². The maximum Gasteiger partial charge on any atom is 0.267 e. The van der Waals surface area contributed by atoms with Crippen molar-refractivity contribution >= 4 is 5.91 Å². The van der Waals surface area contributed by atoms with E-state index < -0.39 is 0 Å². The van der Waals surface area contributed by atoms with Gasteiger partial charge in [-0.05, 0) is 36.2 Å². The minimum Gasteiger partial charge on any atom is -0.274 e. The standard InChI is InChI=1S/C17H19FN2O/c1-2-19-20(17(21)15-6-4-3-5-7-15)13-12-14-8-10-16(18)11-9-14/h3-11,19H,2,12-13H2,1H3. The van der Waals surface area contributed by atoms with Crippen LogP contribution in [0.25, 0.3) is 0 Å². The highest BCUT2D eigenvalue weighted by Gasteiger charge is 2.14. The van der Waals surface area contributed by atoms with Crippen LogP contribution in [0.1, 0.15) is 22.8 Å². The third-order valence-electron chi connectivity index (χ3n) is 3.15. The summed E-state index contributed by atoms with van der Waals surface area (Å²) in [6.07, 6.45) is 0.672. The van der Waals surface area contributed by atoms with E-state index >= 15 is 0 Å². The van der Waals surface area contributed by atoms with Crippen LogP contribution >= 0.6 is 0 Å². The first-order valence-electron chi connectivity index (χ1n) is 7.05. The Morgan fingerprint density at radius 2 is 1.76 bits per heavy atom. The molecule has 0 heterocycles. The Balaban J connectivity index is 2.02. The average molecular weight is 286 g/mol. The topological polar surface area (TPSA) is 32.3 Å². The fourth-order valence-corrected chi connectivity index (χ4v) is 2.07. The second-order valence-electron chi connectivity index (χ2n) is 4.71. The van der Waals surface area contributed by atoms with Crippen LogP contribution in [-0.2, 0) is 6.42 Å². The normalized spacial score (nSPS) is 10.4. The Kier molecular flexibility index (Phi) is 5.46. The molecule has 1 N–H and O–H groups in total. The van der Waals surface area contributed by atoms with E-state index in [9.17, 15) is 9.18 Å². The second kappa shape index (κ2) is 7.55. The van der Waals surface area contributed by atoms with Crippen LogP contribution in [0.3, 0.4) is 0 Å². The molecule has 1 amide bonds. The molecule has 0 aliphatic heterocycles. The first kappa shape index (κ1) is 15.2. The summed E-state index contributed by atoms with van der Waals surface area (Å²) in [5, 5.41) is 1.61. The van der Waals surface area contributed by atoms with Gasteiger partial charge in [-0.1, -0.05) is 37.3 Å². The second-order valence-corrected chi connectivity index (χ2v) is 4.71. The predicted octanol–water partition coefficient (Wildman–Crippen LogP) is 3.04. The van der Waals surface area contributed by atoms with Crippen molar-refractivity contribution in [3.8, 4) is 0 Å². The summed E-state index contributed by atoms with van der Waals surface area (Å²) in [4.78, 5) is 12.4. The number of nitrogens with zero attached hydrogens (tertiary/aromatic N) is 1. The summed E-state index contributed by atoms with van der Waals surface area (Å²) in [6, 6.07) is 15.5. The monoisotopic (exact) mass is 286 g/mol. The summed E-state index contributed by atoms with van der Waals surface area (Å²) >= 11 is 0. The Hall–Kier alpha value is -2.20. The number of halogens is 1. The molecule has 2 aromatic rings. The zero-order chi connectivity index (χ0) is 15.1. The number of nitrogens with one attached hydrogen (secondary N) is 1. The van der Waals surface area contributed by atoms with Gasteiger partial charge >= 0.3 is 0 Å². The number of benzene rings is 2. The average Bonchev–Trinajstić information content (AvgIpc) is 2.53. The molecule has 2 rings (SSSR count). The van der Waals surface area contributed by atoms with Gasteiger partial charge in [-0.3, -0.25) is 9.80 Å². The summed E-state index contributed by atoms with van der Waals surface area (Å²) in [5.74, 6) is -0.304. The lowest BCUT2D eigenvalue weighted by Gasteiger charge is -2.23. The fourth-order valence-electron chi connectivity index (χ4n) is 2.07. The SMILES string of the molecule is CCNN(CCc1ccc(F)cc1)C(=O)c1ccccc1. The molecule has 2 aromatic carbocycles. The van der Waals surface area contributed by atoms with Crippen LogP contribution in [0.2, 0.25) is 0 Å². The zero-order valence-corrected chi connectivity index (χ0v) is 12.1.